The molecule has 2 aliphatic rings. The smallest absolute Gasteiger partial charge is 0.0789 e. The maximum absolute atomic E-state index is 5.46. The van der Waals surface area contributed by atoms with Gasteiger partial charge in [-0.15, -0.1) is 0 Å². The van der Waals surface area contributed by atoms with Crippen LogP contribution in [0, 0.1) is 5.92 Å². The Balaban J connectivity index is 1.64. The molecule has 0 aromatic carbocycles. The van der Waals surface area contributed by atoms with E-state index in [1.807, 2.05) is 7.11 Å². The molecule has 176 valence electrons. The van der Waals surface area contributed by atoms with E-state index in [2.05, 4.69) is 43.4 Å². The van der Waals surface area contributed by atoms with Crippen LogP contribution in [0.3, 0.4) is 0 Å². The number of hydrogen-bond donors (Lipinski definition) is 0. The Hall–Kier alpha value is -1.12. The molecule has 0 aromatic rings. The third-order valence-electron chi connectivity index (χ3n) is 6.95. The van der Waals surface area contributed by atoms with E-state index in [-0.39, 0.29) is 12.2 Å². The summed E-state index contributed by atoms with van der Waals surface area (Å²) in [7, 11) is 3.61. The SMILES string of the molecule is CCCCCCCC(CCCCCCC1=CCC(OC)C=C1)CC1=CCC(OC)C=C1. The van der Waals surface area contributed by atoms with Gasteiger partial charge in [-0.1, -0.05) is 119 Å². The van der Waals surface area contributed by atoms with Gasteiger partial charge >= 0.3 is 0 Å². The number of methoxy groups -OCH3 is 2. The molecule has 0 saturated carbocycles. The highest BCUT2D eigenvalue weighted by atomic mass is 16.5. The van der Waals surface area contributed by atoms with E-state index in [1.54, 1.807) is 7.11 Å². The lowest BCUT2D eigenvalue weighted by Gasteiger charge is -2.21. The van der Waals surface area contributed by atoms with E-state index in [9.17, 15) is 0 Å². The fraction of sp³-hybridized carbons (Fsp3) is 0.724. The predicted octanol–water partition coefficient (Wildman–Crippen LogP) is 8.50. The first-order chi connectivity index (χ1) is 15.2. The maximum atomic E-state index is 5.46. The number of allylic oxidation sites excluding steroid dienone is 4. The molecule has 0 aromatic heterocycles. The monoisotopic (exact) mass is 428 g/mol. The summed E-state index contributed by atoms with van der Waals surface area (Å²) in [4.78, 5) is 0. The van der Waals surface area contributed by atoms with Crippen molar-refractivity contribution >= 4 is 0 Å². The molecule has 2 rings (SSSR count). The first kappa shape index (κ1) is 26.1. The van der Waals surface area contributed by atoms with E-state index < -0.39 is 0 Å². The Labute approximate surface area is 192 Å². The zero-order chi connectivity index (χ0) is 22.2. The molecule has 0 saturated heterocycles. The summed E-state index contributed by atoms with van der Waals surface area (Å²) in [5, 5.41) is 0. The summed E-state index contributed by atoms with van der Waals surface area (Å²) in [6.45, 7) is 2.30. The molecule has 0 bridgehead atoms. The molecule has 0 spiro atoms. The van der Waals surface area contributed by atoms with Gasteiger partial charge in [0, 0.05) is 14.2 Å². The average molecular weight is 429 g/mol. The summed E-state index contributed by atoms with van der Waals surface area (Å²) < 4.78 is 10.8. The van der Waals surface area contributed by atoms with Crippen molar-refractivity contribution in [2.75, 3.05) is 14.2 Å². The minimum Gasteiger partial charge on any atom is -0.377 e. The Morgan fingerprint density at radius 1 is 0.742 bits per heavy atom. The molecule has 0 amide bonds. The lowest BCUT2D eigenvalue weighted by atomic mass is 9.87. The van der Waals surface area contributed by atoms with Gasteiger partial charge < -0.3 is 9.47 Å². The van der Waals surface area contributed by atoms with Crippen LogP contribution in [0.1, 0.15) is 103 Å². The molecule has 2 aliphatic carbocycles. The van der Waals surface area contributed by atoms with Crippen molar-refractivity contribution in [3.05, 3.63) is 47.6 Å². The van der Waals surface area contributed by atoms with Crippen molar-refractivity contribution < 1.29 is 9.47 Å². The Bertz CT molecular complexity index is 584. The summed E-state index contributed by atoms with van der Waals surface area (Å²) in [6.07, 6.45) is 34.2. The van der Waals surface area contributed by atoms with Crippen LogP contribution in [-0.2, 0) is 9.47 Å². The Morgan fingerprint density at radius 2 is 1.29 bits per heavy atom. The van der Waals surface area contributed by atoms with E-state index in [0.29, 0.717) is 0 Å². The van der Waals surface area contributed by atoms with Crippen LogP contribution in [0.15, 0.2) is 47.6 Å². The number of ether oxygens (including phenoxy) is 2. The molecule has 0 fully saturated rings. The van der Waals surface area contributed by atoms with Crippen molar-refractivity contribution in [3.63, 3.8) is 0 Å². The van der Waals surface area contributed by atoms with Crippen LogP contribution in [0.25, 0.3) is 0 Å². The first-order valence-electron chi connectivity index (χ1n) is 13.0. The van der Waals surface area contributed by atoms with Crippen LogP contribution in [0.2, 0.25) is 0 Å². The van der Waals surface area contributed by atoms with Gasteiger partial charge in [0.25, 0.3) is 0 Å². The van der Waals surface area contributed by atoms with Gasteiger partial charge in [0.05, 0.1) is 12.2 Å². The largest absolute Gasteiger partial charge is 0.377 e. The second-order valence-electron chi connectivity index (χ2n) is 9.52. The van der Waals surface area contributed by atoms with Crippen molar-refractivity contribution in [1.82, 2.24) is 0 Å². The predicted molar refractivity (Wildman–Crippen MR) is 134 cm³/mol. The topological polar surface area (TPSA) is 18.5 Å². The maximum Gasteiger partial charge on any atom is 0.0789 e. The van der Waals surface area contributed by atoms with Crippen LogP contribution in [0.5, 0.6) is 0 Å². The molecule has 0 aliphatic heterocycles. The molecule has 3 atom stereocenters. The normalized spacial score (nSPS) is 21.8. The van der Waals surface area contributed by atoms with Crippen molar-refractivity contribution in [1.29, 1.82) is 0 Å². The van der Waals surface area contributed by atoms with Gasteiger partial charge in [-0.3, -0.25) is 0 Å². The van der Waals surface area contributed by atoms with Gasteiger partial charge in [-0.25, -0.2) is 0 Å². The molecule has 2 heteroatoms. The highest BCUT2D eigenvalue weighted by Gasteiger charge is 2.14. The Morgan fingerprint density at radius 3 is 1.81 bits per heavy atom. The van der Waals surface area contributed by atoms with Gasteiger partial charge in [0.15, 0.2) is 0 Å². The Kier molecular flexibility index (Phi) is 13.9. The van der Waals surface area contributed by atoms with E-state index in [0.717, 1.165) is 18.8 Å². The van der Waals surface area contributed by atoms with Gasteiger partial charge in [0.1, 0.15) is 0 Å². The minimum atomic E-state index is 0.283. The van der Waals surface area contributed by atoms with Crippen molar-refractivity contribution in [3.8, 4) is 0 Å². The lowest BCUT2D eigenvalue weighted by molar-refractivity contribution is 0.142. The highest BCUT2D eigenvalue weighted by Crippen LogP contribution is 2.28. The second-order valence-corrected chi connectivity index (χ2v) is 9.52. The van der Waals surface area contributed by atoms with E-state index in [1.165, 1.54) is 94.6 Å². The molecule has 3 unspecified atom stereocenters. The lowest BCUT2D eigenvalue weighted by Crippen LogP contribution is -2.10. The third-order valence-corrected chi connectivity index (χ3v) is 6.95. The molecular formula is C29H48O2. The zero-order valence-electron chi connectivity index (χ0n) is 20.6. The first-order valence-corrected chi connectivity index (χ1v) is 13.0. The molecule has 0 N–H and O–H groups in total. The molecule has 2 nitrogen and oxygen atoms in total. The molecule has 0 heterocycles. The van der Waals surface area contributed by atoms with Crippen LogP contribution < -0.4 is 0 Å². The van der Waals surface area contributed by atoms with Crippen LogP contribution in [0.4, 0.5) is 0 Å². The summed E-state index contributed by atoms with van der Waals surface area (Å²) in [5.74, 6) is 0.853. The van der Waals surface area contributed by atoms with Crippen molar-refractivity contribution in [2.24, 2.45) is 5.92 Å². The van der Waals surface area contributed by atoms with Crippen molar-refractivity contribution in [2.45, 2.75) is 115 Å². The number of hydrogen-bond acceptors (Lipinski definition) is 2. The standard InChI is InChI=1S/C29H48O2/c1-4-5-6-7-11-14-26(24-27-18-22-29(31-3)23-19-27)15-12-9-8-10-13-25-16-20-28(30-2)21-17-25/h16-20,22,26,28-29H,4-15,21,23-24H2,1-3H3. The fourth-order valence-corrected chi connectivity index (χ4v) is 4.81. The highest BCUT2D eigenvalue weighted by molar-refractivity contribution is 5.25. The molecule has 31 heavy (non-hydrogen) atoms. The summed E-state index contributed by atoms with van der Waals surface area (Å²) in [5.41, 5.74) is 3.04. The van der Waals surface area contributed by atoms with E-state index in [4.69, 9.17) is 9.47 Å². The van der Waals surface area contributed by atoms with Gasteiger partial charge in [0.2, 0.25) is 0 Å². The number of unbranched alkanes of at least 4 members (excludes halogenated alkanes) is 7. The fourth-order valence-electron chi connectivity index (χ4n) is 4.81. The average Bonchev–Trinajstić information content (AvgIpc) is 2.81. The molecular weight excluding hydrogens is 380 g/mol. The van der Waals surface area contributed by atoms with Crippen LogP contribution >= 0.6 is 0 Å². The third kappa shape index (κ3) is 11.3. The number of rotatable bonds is 17. The van der Waals surface area contributed by atoms with E-state index >= 15 is 0 Å². The molecule has 0 radical (unpaired) electrons. The summed E-state index contributed by atoms with van der Waals surface area (Å²) in [6, 6.07) is 0. The quantitative estimate of drug-likeness (QED) is 0.216. The van der Waals surface area contributed by atoms with Gasteiger partial charge in [-0.2, -0.15) is 0 Å². The second kappa shape index (κ2) is 16.5. The zero-order valence-corrected chi connectivity index (χ0v) is 20.6. The summed E-state index contributed by atoms with van der Waals surface area (Å²) >= 11 is 0. The van der Waals surface area contributed by atoms with Gasteiger partial charge in [-0.05, 0) is 38.0 Å². The minimum absolute atomic E-state index is 0.283. The van der Waals surface area contributed by atoms with Crippen LogP contribution in [-0.4, -0.2) is 26.4 Å².